The lowest BCUT2D eigenvalue weighted by Crippen LogP contribution is -2.26. The summed E-state index contributed by atoms with van der Waals surface area (Å²) >= 11 is 3.22. The van der Waals surface area contributed by atoms with Crippen LogP contribution >= 0.6 is 15.9 Å². The molecule has 2 aromatic heterocycles. The van der Waals surface area contributed by atoms with Crippen LogP contribution in [-0.4, -0.2) is 50.8 Å². The largest absolute Gasteiger partial charge is 0.343 e. The molecule has 0 radical (unpaired) electrons. The first-order valence-electron chi connectivity index (χ1n) is 6.23. The zero-order valence-corrected chi connectivity index (χ0v) is 13.4. The Hall–Kier alpha value is -2.16. The van der Waals surface area contributed by atoms with Gasteiger partial charge in [-0.05, 0) is 22.9 Å². The lowest BCUT2D eigenvalue weighted by atomic mass is 10.3. The van der Waals surface area contributed by atoms with Gasteiger partial charge in [-0.1, -0.05) is 0 Å². The maximum atomic E-state index is 12.2. The fraction of sp³-hybridized carbons (Fsp3) is 0.333. The lowest BCUT2D eigenvalue weighted by molar-refractivity contribution is 0.0816. The smallest absolute Gasteiger partial charge is 0.274 e. The zero-order valence-electron chi connectivity index (χ0n) is 11.8. The first-order valence-corrected chi connectivity index (χ1v) is 7.02. The van der Waals surface area contributed by atoms with E-state index in [9.17, 15) is 9.59 Å². The predicted molar refractivity (Wildman–Crippen MR) is 80.2 cm³/mol. The van der Waals surface area contributed by atoms with E-state index in [0.29, 0.717) is 22.4 Å². The molecule has 112 valence electrons. The molecule has 9 heteroatoms. The molecule has 0 spiro atoms. The summed E-state index contributed by atoms with van der Waals surface area (Å²) in [6, 6.07) is 0. The maximum Gasteiger partial charge on any atom is 0.274 e. The van der Waals surface area contributed by atoms with E-state index in [1.165, 1.54) is 17.3 Å². The Kier molecular flexibility index (Phi) is 4.41. The van der Waals surface area contributed by atoms with Crippen molar-refractivity contribution in [2.75, 3.05) is 19.4 Å². The SMILES string of the molecule is CCn1ncc(NC(=O)c2[nH]ncc2Br)c1C(=O)N(C)C. The van der Waals surface area contributed by atoms with Crippen LogP contribution in [-0.2, 0) is 6.54 Å². The van der Waals surface area contributed by atoms with E-state index >= 15 is 0 Å². The van der Waals surface area contributed by atoms with Gasteiger partial charge in [0.15, 0.2) is 0 Å². The van der Waals surface area contributed by atoms with Crippen molar-refractivity contribution in [3.8, 4) is 0 Å². The molecule has 0 atom stereocenters. The van der Waals surface area contributed by atoms with Gasteiger partial charge in [0.2, 0.25) is 0 Å². The number of anilines is 1. The Balaban J connectivity index is 2.33. The first kappa shape index (κ1) is 15.2. The van der Waals surface area contributed by atoms with Crippen LogP contribution < -0.4 is 5.32 Å². The second-order valence-electron chi connectivity index (χ2n) is 4.47. The molecule has 0 fully saturated rings. The molecule has 2 heterocycles. The number of carbonyl (C=O) groups is 2. The third-order valence-corrected chi connectivity index (χ3v) is 3.42. The van der Waals surface area contributed by atoms with Crippen LogP contribution in [0.5, 0.6) is 0 Å². The minimum atomic E-state index is -0.400. The van der Waals surface area contributed by atoms with E-state index in [1.54, 1.807) is 18.8 Å². The van der Waals surface area contributed by atoms with Gasteiger partial charge in [0.25, 0.3) is 11.8 Å². The van der Waals surface area contributed by atoms with Crippen LogP contribution in [0.15, 0.2) is 16.9 Å². The number of nitrogens with one attached hydrogen (secondary N) is 2. The number of aromatic amines is 1. The molecule has 2 rings (SSSR count). The summed E-state index contributed by atoms with van der Waals surface area (Å²) in [6.07, 6.45) is 2.94. The van der Waals surface area contributed by atoms with Crippen molar-refractivity contribution in [2.24, 2.45) is 0 Å². The van der Waals surface area contributed by atoms with Crippen molar-refractivity contribution in [3.63, 3.8) is 0 Å². The quantitative estimate of drug-likeness (QED) is 0.865. The van der Waals surface area contributed by atoms with Crippen LogP contribution in [0.3, 0.4) is 0 Å². The summed E-state index contributed by atoms with van der Waals surface area (Å²) in [6.45, 7) is 2.40. The van der Waals surface area contributed by atoms with Gasteiger partial charge >= 0.3 is 0 Å². The molecule has 2 N–H and O–H groups in total. The van der Waals surface area contributed by atoms with E-state index in [2.05, 4.69) is 36.5 Å². The van der Waals surface area contributed by atoms with Crippen molar-refractivity contribution in [1.29, 1.82) is 0 Å². The van der Waals surface area contributed by atoms with Gasteiger partial charge in [-0.25, -0.2) is 0 Å². The monoisotopic (exact) mass is 354 g/mol. The Morgan fingerprint density at radius 3 is 2.67 bits per heavy atom. The molecule has 0 saturated heterocycles. The van der Waals surface area contributed by atoms with E-state index in [1.807, 2.05) is 6.92 Å². The molecule has 2 amide bonds. The molecule has 0 aliphatic rings. The van der Waals surface area contributed by atoms with E-state index in [-0.39, 0.29) is 11.6 Å². The van der Waals surface area contributed by atoms with Crippen molar-refractivity contribution >= 4 is 33.4 Å². The number of rotatable bonds is 4. The maximum absolute atomic E-state index is 12.2. The number of aryl methyl sites for hydroxylation is 1. The highest BCUT2D eigenvalue weighted by atomic mass is 79.9. The fourth-order valence-electron chi connectivity index (χ4n) is 1.77. The van der Waals surface area contributed by atoms with Crippen LogP contribution in [0.25, 0.3) is 0 Å². The van der Waals surface area contributed by atoms with Crippen LogP contribution in [0.4, 0.5) is 5.69 Å². The fourth-order valence-corrected chi connectivity index (χ4v) is 2.14. The molecular formula is C12H15BrN6O2. The summed E-state index contributed by atoms with van der Waals surface area (Å²) in [5, 5.41) is 13.1. The molecule has 8 nitrogen and oxygen atoms in total. The minimum Gasteiger partial charge on any atom is -0.343 e. The second-order valence-corrected chi connectivity index (χ2v) is 5.32. The van der Waals surface area contributed by atoms with Gasteiger partial charge in [-0.3, -0.25) is 19.4 Å². The highest BCUT2D eigenvalue weighted by molar-refractivity contribution is 9.10. The van der Waals surface area contributed by atoms with E-state index in [0.717, 1.165) is 0 Å². The number of H-pyrrole nitrogens is 1. The average molecular weight is 355 g/mol. The van der Waals surface area contributed by atoms with Gasteiger partial charge in [0.1, 0.15) is 11.4 Å². The zero-order chi connectivity index (χ0) is 15.6. The number of nitrogens with zero attached hydrogens (tertiary/aromatic N) is 4. The highest BCUT2D eigenvalue weighted by Crippen LogP contribution is 2.19. The summed E-state index contributed by atoms with van der Waals surface area (Å²) in [7, 11) is 3.29. The standard InChI is InChI=1S/C12H15BrN6O2/c1-4-19-10(12(21)18(2)3)8(6-15-19)16-11(20)9-7(13)5-14-17-9/h5-6H,4H2,1-3H3,(H,14,17)(H,16,20). The van der Waals surface area contributed by atoms with Crippen molar-refractivity contribution in [2.45, 2.75) is 13.5 Å². The molecular weight excluding hydrogens is 340 g/mol. The van der Waals surface area contributed by atoms with Gasteiger partial charge in [-0.2, -0.15) is 10.2 Å². The number of aromatic nitrogens is 4. The molecule has 2 aromatic rings. The summed E-state index contributed by atoms with van der Waals surface area (Å²) in [5.41, 5.74) is 0.982. The number of hydrogen-bond acceptors (Lipinski definition) is 4. The molecule has 0 aliphatic heterocycles. The Labute approximate surface area is 129 Å². The van der Waals surface area contributed by atoms with Crippen molar-refractivity contribution < 1.29 is 9.59 Å². The third-order valence-electron chi connectivity index (χ3n) is 2.82. The van der Waals surface area contributed by atoms with Crippen LogP contribution in [0, 0.1) is 0 Å². The molecule has 0 saturated carbocycles. The van der Waals surface area contributed by atoms with Gasteiger partial charge in [-0.15, -0.1) is 0 Å². The van der Waals surface area contributed by atoms with Crippen molar-refractivity contribution in [3.05, 3.63) is 28.3 Å². The molecule has 0 aliphatic carbocycles. The van der Waals surface area contributed by atoms with Gasteiger partial charge in [0.05, 0.1) is 22.6 Å². The van der Waals surface area contributed by atoms with Crippen LogP contribution in [0.1, 0.15) is 27.9 Å². The number of carbonyl (C=O) groups excluding carboxylic acids is 2. The average Bonchev–Trinajstić information content (AvgIpc) is 3.03. The Morgan fingerprint density at radius 1 is 1.43 bits per heavy atom. The predicted octanol–water partition coefficient (Wildman–Crippen LogP) is 1.34. The lowest BCUT2D eigenvalue weighted by Gasteiger charge is -2.13. The molecule has 0 unspecified atom stereocenters. The topological polar surface area (TPSA) is 95.9 Å². The number of amides is 2. The molecule has 0 aromatic carbocycles. The second kappa shape index (κ2) is 6.08. The highest BCUT2D eigenvalue weighted by Gasteiger charge is 2.22. The normalized spacial score (nSPS) is 10.5. The third kappa shape index (κ3) is 2.97. The Morgan fingerprint density at radius 2 is 2.14 bits per heavy atom. The summed E-state index contributed by atoms with van der Waals surface area (Å²) < 4.78 is 2.09. The Bertz CT molecular complexity index is 675. The van der Waals surface area contributed by atoms with Crippen LogP contribution in [0.2, 0.25) is 0 Å². The van der Waals surface area contributed by atoms with E-state index in [4.69, 9.17) is 0 Å². The molecule has 21 heavy (non-hydrogen) atoms. The van der Waals surface area contributed by atoms with Gasteiger partial charge in [0, 0.05) is 20.6 Å². The minimum absolute atomic E-state index is 0.228. The summed E-state index contributed by atoms with van der Waals surface area (Å²) in [4.78, 5) is 25.8. The first-order chi connectivity index (χ1) is 9.95. The molecule has 0 bridgehead atoms. The number of hydrogen-bond donors (Lipinski definition) is 2. The summed E-state index contributed by atoms with van der Waals surface area (Å²) in [5.74, 6) is -0.629. The van der Waals surface area contributed by atoms with Gasteiger partial charge < -0.3 is 10.2 Å². The van der Waals surface area contributed by atoms with E-state index < -0.39 is 5.91 Å². The van der Waals surface area contributed by atoms with Crippen molar-refractivity contribution in [1.82, 2.24) is 24.9 Å². The number of halogens is 1.